The Bertz CT molecular complexity index is 418. The van der Waals surface area contributed by atoms with Gasteiger partial charge in [-0.15, -0.1) is 0 Å². The monoisotopic (exact) mass is 225 g/mol. The highest BCUT2D eigenvalue weighted by atomic mass is 15.1. The van der Waals surface area contributed by atoms with Crippen LogP contribution in [-0.2, 0) is 0 Å². The zero-order valence-electron chi connectivity index (χ0n) is 10.5. The Hall–Kier alpha value is -2.02. The molecule has 0 unspecified atom stereocenters. The maximum absolute atomic E-state index is 3.63. The van der Waals surface area contributed by atoms with Crippen molar-refractivity contribution in [3.63, 3.8) is 0 Å². The topological polar surface area (TPSA) is 3.24 Å². The highest BCUT2D eigenvalue weighted by Crippen LogP contribution is 2.07. The van der Waals surface area contributed by atoms with Crippen molar-refractivity contribution in [1.82, 2.24) is 0 Å². The molecule has 0 heterocycles. The summed E-state index contributed by atoms with van der Waals surface area (Å²) in [4.78, 5) is 2.08. The van der Waals surface area contributed by atoms with Gasteiger partial charge in [0.1, 0.15) is 0 Å². The minimum atomic E-state index is 1.17. The fourth-order valence-corrected chi connectivity index (χ4v) is 1.32. The number of rotatable bonds is 2. The first-order valence-corrected chi connectivity index (χ1v) is 5.64. The van der Waals surface area contributed by atoms with Gasteiger partial charge in [-0.05, 0) is 17.7 Å². The lowest BCUT2D eigenvalue weighted by molar-refractivity contribution is 1.13. The summed E-state index contributed by atoms with van der Waals surface area (Å²) in [6.07, 6.45) is 1.83. The van der Waals surface area contributed by atoms with Gasteiger partial charge in [0.25, 0.3) is 0 Å². The molecule has 88 valence electrons. The number of nitrogens with zero attached hydrogens (tertiary/aromatic N) is 1. The average molecular weight is 225 g/mol. The van der Waals surface area contributed by atoms with Crippen LogP contribution in [-0.4, -0.2) is 14.1 Å². The first kappa shape index (κ1) is 13.0. The van der Waals surface area contributed by atoms with E-state index in [2.05, 4.69) is 23.6 Å². The van der Waals surface area contributed by atoms with Gasteiger partial charge in [-0.3, -0.25) is 0 Å². The lowest BCUT2D eigenvalue weighted by Gasteiger charge is -2.10. The normalized spacial score (nSPS) is 8.82. The summed E-state index contributed by atoms with van der Waals surface area (Å²) >= 11 is 0. The molecule has 1 nitrogen and oxygen atoms in total. The molecule has 0 atom stereocenters. The third kappa shape index (κ3) is 5.03. The van der Waals surface area contributed by atoms with E-state index in [9.17, 15) is 0 Å². The number of benzene rings is 2. The van der Waals surface area contributed by atoms with Crippen LogP contribution in [0.2, 0.25) is 0 Å². The van der Waals surface area contributed by atoms with Gasteiger partial charge in [-0.1, -0.05) is 61.2 Å². The van der Waals surface area contributed by atoms with Crippen LogP contribution in [0.1, 0.15) is 5.56 Å². The molecular weight excluding hydrogens is 206 g/mol. The summed E-state index contributed by atoms with van der Waals surface area (Å²) in [5.41, 5.74) is 2.42. The van der Waals surface area contributed by atoms with E-state index in [-0.39, 0.29) is 0 Å². The van der Waals surface area contributed by atoms with E-state index in [1.54, 1.807) is 0 Å². The zero-order valence-corrected chi connectivity index (χ0v) is 10.5. The third-order valence-electron chi connectivity index (χ3n) is 2.31. The Morgan fingerprint density at radius 2 is 1.29 bits per heavy atom. The molecule has 0 fully saturated rings. The minimum Gasteiger partial charge on any atom is -0.378 e. The van der Waals surface area contributed by atoms with Crippen molar-refractivity contribution in [1.29, 1.82) is 0 Å². The SMILES string of the molecule is C=Cc1ccccc1.CN(C)c1ccccc1. The predicted octanol–water partition coefficient (Wildman–Crippen LogP) is 4.08. The molecule has 0 bridgehead atoms. The number of para-hydroxylation sites is 1. The summed E-state index contributed by atoms with van der Waals surface area (Å²) in [6, 6.07) is 20.3. The molecule has 2 aromatic rings. The van der Waals surface area contributed by atoms with Crippen molar-refractivity contribution in [2.45, 2.75) is 0 Å². The van der Waals surface area contributed by atoms with Crippen molar-refractivity contribution >= 4 is 11.8 Å². The Labute approximate surface area is 104 Å². The van der Waals surface area contributed by atoms with Crippen molar-refractivity contribution in [2.75, 3.05) is 19.0 Å². The first-order valence-electron chi connectivity index (χ1n) is 5.64. The van der Waals surface area contributed by atoms with Gasteiger partial charge in [0.15, 0.2) is 0 Å². The summed E-state index contributed by atoms with van der Waals surface area (Å²) in [6.45, 7) is 3.63. The van der Waals surface area contributed by atoms with E-state index in [4.69, 9.17) is 0 Å². The van der Waals surface area contributed by atoms with Crippen LogP contribution < -0.4 is 4.90 Å². The van der Waals surface area contributed by atoms with E-state index in [0.29, 0.717) is 0 Å². The molecule has 2 rings (SSSR count). The third-order valence-corrected chi connectivity index (χ3v) is 2.31. The second kappa shape index (κ2) is 7.29. The van der Waals surface area contributed by atoms with Crippen LogP contribution >= 0.6 is 0 Å². The quantitative estimate of drug-likeness (QED) is 0.744. The van der Waals surface area contributed by atoms with Crippen LogP contribution in [0.4, 0.5) is 5.69 Å². The smallest absolute Gasteiger partial charge is 0.0360 e. The molecule has 0 aliphatic heterocycles. The van der Waals surface area contributed by atoms with Gasteiger partial charge in [0, 0.05) is 19.8 Å². The lowest BCUT2D eigenvalue weighted by Crippen LogP contribution is -2.07. The van der Waals surface area contributed by atoms with E-state index >= 15 is 0 Å². The summed E-state index contributed by atoms with van der Waals surface area (Å²) in [7, 11) is 4.07. The van der Waals surface area contributed by atoms with Gasteiger partial charge >= 0.3 is 0 Å². The summed E-state index contributed by atoms with van der Waals surface area (Å²) < 4.78 is 0. The van der Waals surface area contributed by atoms with Gasteiger partial charge in [-0.25, -0.2) is 0 Å². The molecule has 0 amide bonds. The second-order valence-electron chi connectivity index (χ2n) is 3.84. The Balaban J connectivity index is 0.000000171. The first-order chi connectivity index (χ1) is 8.24. The van der Waals surface area contributed by atoms with E-state index in [1.807, 2.05) is 68.7 Å². The minimum absolute atomic E-state index is 1.17. The Morgan fingerprint density at radius 3 is 1.59 bits per heavy atom. The largest absolute Gasteiger partial charge is 0.378 e. The predicted molar refractivity (Wildman–Crippen MR) is 77.3 cm³/mol. The number of anilines is 1. The average Bonchev–Trinajstić information content (AvgIpc) is 2.41. The highest BCUT2D eigenvalue weighted by molar-refractivity contribution is 5.45. The zero-order chi connectivity index (χ0) is 12.5. The van der Waals surface area contributed by atoms with E-state index in [0.717, 1.165) is 0 Å². The van der Waals surface area contributed by atoms with Crippen molar-refractivity contribution in [3.8, 4) is 0 Å². The Kier molecular flexibility index (Phi) is 5.59. The molecule has 17 heavy (non-hydrogen) atoms. The second-order valence-corrected chi connectivity index (χ2v) is 3.84. The van der Waals surface area contributed by atoms with Crippen molar-refractivity contribution < 1.29 is 0 Å². The molecule has 0 aliphatic carbocycles. The molecule has 0 saturated carbocycles. The van der Waals surface area contributed by atoms with Crippen LogP contribution in [0.5, 0.6) is 0 Å². The Morgan fingerprint density at radius 1 is 0.824 bits per heavy atom. The maximum atomic E-state index is 3.63. The number of hydrogen-bond acceptors (Lipinski definition) is 1. The van der Waals surface area contributed by atoms with Crippen LogP contribution in [0.15, 0.2) is 67.2 Å². The molecular formula is C16H19N. The molecule has 0 aromatic heterocycles. The standard InChI is InChI=1S/C8H11N.C8H8/c1-9(2)8-6-4-3-5-7-8;1-2-8-6-4-3-5-7-8/h3-7H,1-2H3;2-7H,1H2. The summed E-state index contributed by atoms with van der Waals surface area (Å²) in [5, 5.41) is 0. The molecule has 2 aromatic carbocycles. The lowest BCUT2D eigenvalue weighted by atomic mass is 10.2. The van der Waals surface area contributed by atoms with Gasteiger partial charge in [0.2, 0.25) is 0 Å². The van der Waals surface area contributed by atoms with Crippen LogP contribution in [0.3, 0.4) is 0 Å². The fraction of sp³-hybridized carbons (Fsp3) is 0.125. The molecule has 0 N–H and O–H groups in total. The van der Waals surface area contributed by atoms with Crippen molar-refractivity contribution in [3.05, 3.63) is 72.8 Å². The molecule has 0 radical (unpaired) electrons. The highest BCUT2D eigenvalue weighted by Gasteiger charge is 1.87. The summed E-state index contributed by atoms with van der Waals surface area (Å²) in [5.74, 6) is 0. The fourth-order valence-electron chi connectivity index (χ4n) is 1.32. The van der Waals surface area contributed by atoms with Gasteiger partial charge in [-0.2, -0.15) is 0 Å². The van der Waals surface area contributed by atoms with Gasteiger partial charge < -0.3 is 4.90 Å². The van der Waals surface area contributed by atoms with Crippen LogP contribution in [0.25, 0.3) is 6.08 Å². The molecule has 0 spiro atoms. The molecule has 0 saturated heterocycles. The molecule has 0 aliphatic rings. The maximum Gasteiger partial charge on any atom is 0.0360 e. The molecule has 1 heteroatoms. The van der Waals surface area contributed by atoms with Crippen LogP contribution in [0, 0.1) is 0 Å². The van der Waals surface area contributed by atoms with Gasteiger partial charge in [0.05, 0.1) is 0 Å². The van der Waals surface area contributed by atoms with E-state index < -0.39 is 0 Å². The van der Waals surface area contributed by atoms with Crippen molar-refractivity contribution in [2.24, 2.45) is 0 Å². The van der Waals surface area contributed by atoms with E-state index in [1.165, 1.54) is 11.3 Å². The number of hydrogen-bond donors (Lipinski definition) is 0.